The second-order valence-electron chi connectivity index (χ2n) is 6.28. The fourth-order valence-electron chi connectivity index (χ4n) is 3.22. The molecule has 2 aromatic heterocycles. The molecule has 1 aliphatic rings. The van der Waals surface area contributed by atoms with Crippen LogP contribution in [0.3, 0.4) is 0 Å². The highest BCUT2D eigenvalue weighted by molar-refractivity contribution is 5.87. The number of nitrogens with one attached hydrogen (secondary N) is 1. The Morgan fingerprint density at radius 3 is 2.76 bits per heavy atom. The summed E-state index contributed by atoms with van der Waals surface area (Å²) in [5, 5.41) is 0.925. The Hall–Kier alpha value is -2.32. The van der Waals surface area contributed by atoms with Crippen LogP contribution in [0, 0.1) is 0 Å². The molecule has 0 saturated carbocycles. The standard InChI is InChI=1S/C16H20F3N5O/c1-23(15-12-3-7-20-14(12)21-10-22-15)11-4-8-24(9-5-11)13(25)2-6-16(17,18)19/h3,7,10-11H,2,4-6,8-9H2,1H3,(H,20,21,22). The Bertz CT molecular complexity index is 737. The lowest BCUT2D eigenvalue weighted by molar-refractivity contribution is -0.149. The van der Waals surface area contributed by atoms with E-state index in [1.54, 1.807) is 6.20 Å². The zero-order valence-corrected chi connectivity index (χ0v) is 13.9. The second kappa shape index (κ2) is 6.89. The summed E-state index contributed by atoms with van der Waals surface area (Å²) in [5.74, 6) is 0.390. The molecule has 1 N–H and O–H groups in total. The van der Waals surface area contributed by atoms with Crippen LogP contribution in [-0.2, 0) is 4.79 Å². The number of likely N-dealkylation sites (tertiary alicyclic amines) is 1. The number of fused-ring (bicyclic) bond motifs is 1. The normalized spacial score (nSPS) is 16.4. The molecule has 0 unspecified atom stereocenters. The molecule has 2 aromatic rings. The van der Waals surface area contributed by atoms with E-state index in [0.717, 1.165) is 16.9 Å². The number of rotatable bonds is 4. The number of aromatic amines is 1. The molecule has 1 aliphatic heterocycles. The van der Waals surface area contributed by atoms with Crippen LogP contribution >= 0.6 is 0 Å². The number of carbonyl (C=O) groups is 1. The number of H-pyrrole nitrogens is 1. The first-order valence-electron chi connectivity index (χ1n) is 8.20. The van der Waals surface area contributed by atoms with E-state index in [4.69, 9.17) is 0 Å². The molecule has 1 amide bonds. The van der Waals surface area contributed by atoms with Crippen LogP contribution in [0.5, 0.6) is 0 Å². The van der Waals surface area contributed by atoms with Gasteiger partial charge in [-0.15, -0.1) is 0 Å². The zero-order valence-electron chi connectivity index (χ0n) is 13.9. The van der Waals surface area contributed by atoms with Gasteiger partial charge in [-0.05, 0) is 18.9 Å². The molecule has 0 aromatic carbocycles. The largest absolute Gasteiger partial charge is 0.389 e. The molecular formula is C16H20F3N5O. The van der Waals surface area contributed by atoms with E-state index in [1.807, 2.05) is 13.1 Å². The fraction of sp³-hybridized carbons (Fsp3) is 0.562. The van der Waals surface area contributed by atoms with Crippen molar-refractivity contribution in [3.63, 3.8) is 0 Å². The third-order valence-electron chi connectivity index (χ3n) is 4.65. The van der Waals surface area contributed by atoms with Gasteiger partial charge < -0.3 is 14.8 Å². The molecule has 3 rings (SSSR count). The van der Waals surface area contributed by atoms with Gasteiger partial charge in [0.05, 0.1) is 11.8 Å². The highest BCUT2D eigenvalue weighted by Crippen LogP contribution is 2.27. The molecular weight excluding hydrogens is 335 g/mol. The van der Waals surface area contributed by atoms with Gasteiger partial charge in [-0.2, -0.15) is 13.2 Å². The quantitative estimate of drug-likeness (QED) is 0.916. The van der Waals surface area contributed by atoms with Gasteiger partial charge in [0.1, 0.15) is 17.8 Å². The highest BCUT2D eigenvalue weighted by atomic mass is 19.4. The Balaban J connectivity index is 1.59. The third-order valence-corrected chi connectivity index (χ3v) is 4.65. The summed E-state index contributed by atoms with van der Waals surface area (Å²) in [6, 6.07) is 2.09. The molecule has 0 aliphatic carbocycles. The molecule has 0 atom stereocenters. The van der Waals surface area contributed by atoms with E-state index >= 15 is 0 Å². The van der Waals surface area contributed by atoms with E-state index < -0.39 is 24.9 Å². The van der Waals surface area contributed by atoms with Crippen molar-refractivity contribution in [2.75, 3.05) is 25.0 Å². The minimum atomic E-state index is -4.29. The summed E-state index contributed by atoms with van der Waals surface area (Å²) >= 11 is 0. The number of anilines is 1. The number of nitrogens with zero attached hydrogens (tertiary/aromatic N) is 4. The minimum Gasteiger partial charge on any atom is -0.356 e. The number of piperidine rings is 1. The van der Waals surface area contributed by atoms with Crippen molar-refractivity contribution in [1.82, 2.24) is 19.9 Å². The van der Waals surface area contributed by atoms with Crippen LogP contribution in [-0.4, -0.2) is 58.1 Å². The second-order valence-corrected chi connectivity index (χ2v) is 6.28. The first-order chi connectivity index (χ1) is 11.8. The number of halogens is 3. The van der Waals surface area contributed by atoms with Crippen molar-refractivity contribution in [2.45, 2.75) is 37.9 Å². The maximum Gasteiger partial charge on any atom is 0.389 e. The van der Waals surface area contributed by atoms with Crippen LogP contribution in [0.2, 0.25) is 0 Å². The van der Waals surface area contributed by atoms with Crippen LogP contribution in [0.1, 0.15) is 25.7 Å². The Morgan fingerprint density at radius 2 is 2.08 bits per heavy atom. The Morgan fingerprint density at radius 1 is 1.36 bits per heavy atom. The van der Waals surface area contributed by atoms with E-state index in [0.29, 0.717) is 25.9 Å². The smallest absolute Gasteiger partial charge is 0.356 e. The maximum absolute atomic E-state index is 12.2. The number of alkyl halides is 3. The van der Waals surface area contributed by atoms with Crippen LogP contribution in [0.4, 0.5) is 19.0 Å². The van der Waals surface area contributed by atoms with Crippen molar-refractivity contribution >= 4 is 22.8 Å². The SMILES string of the molecule is CN(c1ncnc2[nH]ccc12)C1CCN(C(=O)CCC(F)(F)F)CC1. The van der Waals surface area contributed by atoms with E-state index in [9.17, 15) is 18.0 Å². The van der Waals surface area contributed by atoms with Gasteiger partial charge in [-0.25, -0.2) is 9.97 Å². The summed E-state index contributed by atoms with van der Waals surface area (Å²) in [6.07, 6.45) is -1.12. The van der Waals surface area contributed by atoms with Crippen molar-refractivity contribution in [3.8, 4) is 0 Å². The van der Waals surface area contributed by atoms with Crippen molar-refractivity contribution in [2.24, 2.45) is 0 Å². The van der Waals surface area contributed by atoms with Gasteiger partial charge in [-0.3, -0.25) is 4.79 Å². The fourth-order valence-corrected chi connectivity index (χ4v) is 3.22. The monoisotopic (exact) mass is 355 g/mol. The maximum atomic E-state index is 12.2. The van der Waals surface area contributed by atoms with Crippen molar-refractivity contribution < 1.29 is 18.0 Å². The molecule has 0 spiro atoms. The minimum absolute atomic E-state index is 0.180. The van der Waals surface area contributed by atoms with Crippen LogP contribution in [0.25, 0.3) is 11.0 Å². The number of hydrogen-bond acceptors (Lipinski definition) is 4. The van der Waals surface area contributed by atoms with Gasteiger partial charge in [-0.1, -0.05) is 0 Å². The Labute approximate surface area is 143 Å². The third kappa shape index (κ3) is 4.02. The van der Waals surface area contributed by atoms with Crippen molar-refractivity contribution in [1.29, 1.82) is 0 Å². The molecule has 25 heavy (non-hydrogen) atoms. The summed E-state index contributed by atoms with van der Waals surface area (Å²) < 4.78 is 36.7. The first kappa shape index (κ1) is 17.5. The van der Waals surface area contributed by atoms with E-state index in [-0.39, 0.29) is 6.04 Å². The molecule has 1 saturated heterocycles. The lowest BCUT2D eigenvalue weighted by Crippen LogP contribution is -2.46. The molecule has 136 valence electrons. The molecule has 9 heteroatoms. The lowest BCUT2D eigenvalue weighted by atomic mass is 10.0. The molecule has 0 bridgehead atoms. The number of amides is 1. The Kier molecular flexibility index (Phi) is 4.82. The lowest BCUT2D eigenvalue weighted by Gasteiger charge is -2.37. The highest BCUT2D eigenvalue weighted by Gasteiger charge is 2.31. The van der Waals surface area contributed by atoms with Crippen LogP contribution < -0.4 is 4.90 Å². The molecule has 0 radical (unpaired) electrons. The zero-order chi connectivity index (χ0) is 18.0. The molecule has 6 nitrogen and oxygen atoms in total. The summed E-state index contributed by atoms with van der Waals surface area (Å²) in [5.41, 5.74) is 0.761. The van der Waals surface area contributed by atoms with Gasteiger partial charge in [0.15, 0.2) is 0 Å². The predicted molar refractivity (Wildman–Crippen MR) is 87.2 cm³/mol. The summed E-state index contributed by atoms with van der Waals surface area (Å²) in [4.78, 5) is 27.1. The number of hydrogen-bond donors (Lipinski definition) is 1. The van der Waals surface area contributed by atoms with E-state index in [2.05, 4.69) is 19.9 Å². The summed E-state index contributed by atoms with van der Waals surface area (Å²) in [6.45, 7) is 0.931. The van der Waals surface area contributed by atoms with Gasteiger partial charge >= 0.3 is 6.18 Å². The number of aromatic nitrogens is 3. The van der Waals surface area contributed by atoms with Crippen molar-refractivity contribution in [3.05, 3.63) is 18.6 Å². The van der Waals surface area contributed by atoms with Gasteiger partial charge in [0.2, 0.25) is 5.91 Å². The first-order valence-corrected chi connectivity index (χ1v) is 8.20. The number of carbonyl (C=O) groups excluding carboxylic acids is 1. The van der Waals surface area contributed by atoms with Gasteiger partial charge in [0, 0.05) is 38.8 Å². The molecule has 1 fully saturated rings. The van der Waals surface area contributed by atoms with Crippen LogP contribution in [0.15, 0.2) is 18.6 Å². The average Bonchev–Trinajstić information content (AvgIpc) is 3.07. The van der Waals surface area contributed by atoms with E-state index in [1.165, 1.54) is 11.2 Å². The predicted octanol–water partition coefficient (Wildman–Crippen LogP) is 2.73. The topological polar surface area (TPSA) is 65.1 Å². The average molecular weight is 355 g/mol. The van der Waals surface area contributed by atoms with Gasteiger partial charge in [0.25, 0.3) is 0 Å². The summed E-state index contributed by atoms with van der Waals surface area (Å²) in [7, 11) is 1.95. The molecule has 3 heterocycles.